The Balaban J connectivity index is 0.883. The lowest BCUT2D eigenvalue weighted by Gasteiger charge is -2.36. The van der Waals surface area contributed by atoms with Gasteiger partial charge in [0.2, 0.25) is 11.8 Å². The fourth-order valence-electron chi connectivity index (χ4n) is 9.98. The van der Waals surface area contributed by atoms with E-state index < -0.39 is 30.3 Å². The van der Waals surface area contributed by atoms with Crippen LogP contribution in [0.2, 0.25) is 5.15 Å². The van der Waals surface area contributed by atoms with Gasteiger partial charge in [0.25, 0.3) is 0 Å². The molecule has 4 saturated heterocycles. The summed E-state index contributed by atoms with van der Waals surface area (Å²) < 4.78 is 21.2. The highest BCUT2D eigenvalue weighted by Gasteiger charge is 2.51. The van der Waals surface area contributed by atoms with Crippen LogP contribution >= 0.6 is 11.6 Å². The van der Waals surface area contributed by atoms with Crippen molar-refractivity contribution in [2.45, 2.75) is 88.1 Å². The van der Waals surface area contributed by atoms with Crippen molar-refractivity contribution in [2.24, 2.45) is 17.8 Å². The molecule has 0 radical (unpaired) electrons. The highest BCUT2D eigenvalue weighted by molar-refractivity contribution is 6.32. The van der Waals surface area contributed by atoms with Gasteiger partial charge >= 0.3 is 12.2 Å². The molecular formula is C47H53ClN8O8. The molecule has 0 bridgehead atoms. The van der Waals surface area contributed by atoms with Gasteiger partial charge in [0, 0.05) is 36.7 Å². The Morgan fingerprint density at radius 2 is 1.33 bits per heavy atom. The summed E-state index contributed by atoms with van der Waals surface area (Å²) in [6.07, 6.45) is 5.77. The van der Waals surface area contributed by atoms with Crippen molar-refractivity contribution < 1.29 is 38.1 Å². The molecule has 336 valence electrons. The third-order valence-electron chi connectivity index (χ3n) is 13.5. The van der Waals surface area contributed by atoms with E-state index >= 15 is 0 Å². The largest absolute Gasteiger partial charge is 0.453 e. The number of nitrogens with zero attached hydrogens (tertiary/aromatic N) is 4. The molecule has 1 aliphatic carbocycles. The number of alkyl carbamates (subject to hydrolysis) is 2. The quantitative estimate of drug-likeness (QED) is 0.122. The van der Waals surface area contributed by atoms with E-state index in [2.05, 4.69) is 44.6 Å². The van der Waals surface area contributed by atoms with Gasteiger partial charge in [0.05, 0.1) is 57.3 Å². The molecule has 2 aromatic carbocycles. The molecule has 16 nitrogen and oxygen atoms in total. The number of imidazole rings is 2. The standard InChI is InChI=1S/C47H53ClN8O8/c1-26-8-18-36(55(26)44(57)39(52-46(59)61-2)32-6-4-20-63-24-32)42-49-23-34(50-42)29-13-9-27(10-14-29)28-11-15-30(16-12-28)38-41(48)54-43(51-38)37-22-31-17-19-35(31)56(37)45(58)40(53-47(60)62-3)33-7-5-21-64-25-33/h9-16,23,26,31-33,35-37,39-40H,4-8,18,20-22,24-25H2,1-3H3,(H,49,50)(H,51,54)(H,52,59)(H,53,60)/t26-,31-,32+,33+,35-,36+,37+,39+,40+/m1/s1. The minimum atomic E-state index is -0.830. The molecule has 0 saturated carbocycles. The van der Waals surface area contributed by atoms with Gasteiger partial charge in [0.15, 0.2) is 0 Å². The normalized spacial score (nSPS) is 25.8. The Kier molecular flexibility index (Phi) is 12.7. The van der Waals surface area contributed by atoms with Crippen molar-refractivity contribution in [3.05, 3.63) is 71.5 Å². The summed E-state index contributed by atoms with van der Waals surface area (Å²) in [5.41, 5.74) is 5.17. The second-order valence-electron chi connectivity index (χ2n) is 17.3. The highest BCUT2D eigenvalue weighted by Crippen LogP contribution is 2.44. The Labute approximate surface area is 376 Å². The molecule has 9 rings (SSSR count). The topological polar surface area (TPSA) is 193 Å². The summed E-state index contributed by atoms with van der Waals surface area (Å²) in [5.74, 6) is 6.87. The lowest BCUT2D eigenvalue weighted by molar-refractivity contribution is -0.139. The summed E-state index contributed by atoms with van der Waals surface area (Å²) in [6.45, 7) is 4.06. The number of hydrogen-bond acceptors (Lipinski definition) is 10. The van der Waals surface area contributed by atoms with E-state index in [0.29, 0.717) is 55.3 Å². The second-order valence-corrected chi connectivity index (χ2v) is 17.7. The number of amides is 4. The number of rotatable bonds is 11. The van der Waals surface area contributed by atoms with Crippen molar-refractivity contribution in [3.63, 3.8) is 0 Å². The molecule has 4 aromatic rings. The Hall–Kier alpha value is -5.89. The number of carbonyl (C=O) groups is 4. The molecule has 4 amide bonds. The first kappa shape index (κ1) is 43.4. The molecule has 6 heterocycles. The summed E-state index contributed by atoms with van der Waals surface area (Å²) >= 11 is 6.83. The molecule has 2 aromatic heterocycles. The number of aromatic nitrogens is 4. The number of nitrogens with one attached hydrogen (secondary N) is 4. The fourth-order valence-corrected chi connectivity index (χ4v) is 10.2. The molecule has 64 heavy (non-hydrogen) atoms. The van der Waals surface area contributed by atoms with E-state index in [-0.39, 0.29) is 47.7 Å². The zero-order valence-electron chi connectivity index (χ0n) is 36.1. The first-order chi connectivity index (χ1) is 31.1. The Bertz CT molecular complexity index is 2420. The van der Waals surface area contributed by atoms with Crippen molar-refractivity contribution >= 4 is 35.6 Å². The van der Waals surface area contributed by atoms with E-state index in [0.717, 1.165) is 66.5 Å². The third-order valence-corrected chi connectivity index (χ3v) is 13.7. The minimum absolute atomic E-state index is 0.000905. The van der Waals surface area contributed by atoms with Crippen LogP contribution in [-0.4, -0.2) is 119 Å². The van der Waals surface area contributed by atoms with E-state index in [1.54, 1.807) is 11.1 Å². The van der Waals surface area contributed by atoms with Crippen LogP contribution in [0.3, 0.4) is 0 Å². The number of benzene rings is 2. The molecule has 17 heteroatoms. The van der Waals surface area contributed by atoms with Gasteiger partial charge < -0.3 is 49.3 Å². The molecule has 4 N–H and O–H groups in total. The number of hydrogen-bond donors (Lipinski definition) is 4. The van der Waals surface area contributed by atoms with Gasteiger partial charge in [-0.15, -0.1) is 0 Å². The lowest BCUT2D eigenvalue weighted by atomic mass is 9.90. The van der Waals surface area contributed by atoms with Gasteiger partial charge in [0.1, 0.15) is 40.6 Å². The van der Waals surface area contributed by atoms with Gasteiger partial charge in [-0.25, -0.2) is 19.6 Å². The zero-order valence-corrected chi connectivity index (χ0v) is 36.9. The molecule has 4 fully saturated rings. The van der Waals surface area contributed by atoms with E-state index in [1.807, 2.05) is 48.2 Å². The van der Waals surface area contributed by atoms with Crippen LogP contribution in [0.4, 0.5) is 9.59 Å². The number of likely N-dealkylation sites (tertiary alicyclic amines) is 2. The molecule has 4 aliphatic heterocycles. The summed E-state index contributed by atoms with van der Waals surface area (Å²) in [6, 6.07) is 13.6. The summed E-state index contributed by atoms with van der Waals surface area (Å²) in [4.78, 5) is 73.3. The number of H-pyrrole nitrogens is 2. The maximum Gasteiger partial charge on any atom is 0.407 e. The predicted molar refractivity (Wildman–Crippen MR) is 235 cm³/mol. The molecule has 0 unspecified atom stereocenters. The highest BCUT2D eigenvalue weighted by atomic mass is 35.5. The number of carbonyl (C=O) groups excluding carboxylic acids is 4. The van der Waals surface area contributed by atoms with Crippen LogP contribution in [0.5, 0.6) is 0 Å². The smallest absolute Gasteiger partial charge is 0.407 e. The Morgan fingerprint density at radius 3 is 1.88 bits per heavy atom. The number of aromatic amines is 2. The number of methoxy groups -OCH3 is 2. The van der Waals surface area contributed by atoms with Gasteiger partial charge in [-0.2, -0.15) is 0 Å². The SMILES string of the molecule is COC(=O)N[C@H](C(=O)N1[C@H](C)CC[C@H]1c1ncc(-c2ccc(-c3ccc(-c4nc([C@@H]5C[C@H]6C#C[C@H]6N5C(=O)[C@@H](NC(=O)OC)[C@H]5CCCOC5)[nH]c4Cl)cc3)cc2)[nH]1)[C@H]1CCCOC1. The van der Waals surface area contributed by atoms with Gasteiger partial charge in [-0.05, 0) is 68.6 Å². The molecular weight excluding hydrogens is 840 g/mol. The van der Waals surface area contributed by atoms with E-state index in [4.69, 9.17) is 40.5 Å². The van der Waals surface area contributed by atoms with Crippen LogP contribution in [0, 0.1) is 29.6 Å². The maximum absolute atomic E-state index is 14.3. The zero-order chi connectivity index (χ0) is 44.5. The lowest BCUT2D eigenvalue weighted by Crippen LogP contribution is -2.56. The average Bonchev–Trinajstić information content (AvgIpc) is 4.12. The minimum Gasteiger partial charge on any atom is -0.453 e. The maximum atomic E-state index is 14.3. The van der Waals surface area contributed by atoms with Crippen molar-refractivity contribution in [1.82, 2.24) is 40.4 Å². The molecule has 9 atom stereocenters. The van der Waals surface area contributed by atoms with Crippen molar-refractivity contribution in [1.29, 1.82) is 0 Å². The van der Waals surface area contributed by atoms with Crippen LogP contribution in [-0.2, 0) is 28.5 Å². The van der Waals surface area contributed by atoms with Crippen molar-refractivity contribution in [3.8, 4) is 45.5 Å². The van der Waals surface area contributed by atoms with Crippen LogP contribution < -0.4 is 10.6 Å². The molecule has 0 spiro atoms. The fraction of sp³-hybridized carbons (Fsp3) is 0.489. The van der Waals surface area contributed by atoms with E-state index in [9.17, 15) is 19.2 Å². The molecule has 5 aliphatic rings. The van der Waals surface area contributed by atoms with Crippen molar-refractivity contribution in [2.75, 3.05) is 40.6 Å². The predicted octanol–water partition coefficient (Wildman–Crippen LogP) is 6.42. The third kappa shape index (κ3) is 8.56. The van der Waals surface area contributed by atoms with Gasteiger partial charge in [-0.3, -0.25) is 9.59 Å². The van der Waals surface area contributed by atoms with Crippen LogP contribution in [0.1, 0.15) is 75.6 Å². The number of halogens is 1. The number of ether oxygens (including phenoxy) is 4. The van der Waals surface area contributed by atoms with Crippen LogP contribution in [0.25, 0.3) is 33.6 Å². The average molecular weight is 893 g/mol. The summed E-state index contributed by atoms with van der Waals surface area (Å²) in [7, 11) is 2.58. The first-order valence-corrected chi connectivity index (χ1v) is 22.5. The Morgan fingerprint density at radius 1 is 0.750 bits per heavy atom. The second kappa shape index (κ2) is 18.7. The number of fused-ring (bicyclic) bond motifs is 1. The van der Waals surface area contributed by atoms with Crippen LogP contribution in [0.15, 0.2) is 54.7 Å². The monoisotopic (exact) mass is 892 g/mol. The van der Waals surface area contributed by atoms with Gasteiger partial charge in [-0.1, -0.05) is 72.0 Å². The summed E-state index contributed by atoms with van der Waals surface area (Å²) in [5, 5.41) is 5.95. The first-order valence-electron chi connectivity index (χ1n) is 22.1. The van der Waals surface area contributed by atoms with E-state index in [1.165, 1.54) is 14.2 Å².